The number of hydrogen-bond donors (Lipinski definition) is 1. The van der Waals surface area contributed by atoms with Crippen LogP contribution < -0.4 is 5.32 Å². The lowest BCUT2D eigenvalue weighted by atomic mass is 9.81. The fourth-order valence-electron chi connectivity index (χ4n) is 2.83. The molecule has 1 fully saturated rings. The number of ether oxygens (including phenoxy) is 1. The lowest BCUT2D eigenvalue weighted by molar-refractivity contribution is -0.121. The smallest absolute Gasteiger partial charge is 0.408 e. The normalized spacial score (nSPS) is 18.6. The largest absolute Gasteiger partial charge is 0.445 e. The first kappa shape index (κ1) is 18.8. The fourth-order valence-corrected chi connectivity index (χ4v) is 3.18. The number of hydrogen-bond acceptors (Lipinski definition) is 3. The molecule has 1 aliphatic rings. The average molecular weight is 404 g/mol. The van der Waals surface area contributed by atoms with Crippen LogP contribution >= 0.6 is 15.9 Å². The van der Waals surface area contributed by atoms with Gasteiger partial charge in [0.05, 0.1) is 11.4 Å². The molecule has 132 valence electrons. The molecule has 1 aromatic rings. The van der Waals surface area contributed by atoms with Crippen molar-refractivity contribution in [2.45, 2.75) is 44.3 Å². The van der Waals surface area contributed by atoms with Gasteiger partial charge in [0.2, 0.25) is 5.92 Å². The van der Waals surface area contributed by atoms with Gasteiger partial charge in [-0.25, -0.2) is 13.6 Å². The van der Waals surface area contributed by atoms with Gasteiger partial charge < -0.3 is 10.1 Å². The number of alkyl carbamates (subject to hydrolysis) is 1. The number of benzene rings is 1. The van der Waals surface area contributed by atoms with Crippen LogP contribution in [0.25, 0.3) is 0 Å². The number of carbonyl (C=O) groups excluding carboxylic acids is 2. The third-order valence-corrected chi connectivity index (χ3v) is 4.75. The summed E-state index contributed by atoms with van der Waals surface area (Å²) in [5.74, 6) is -3.20. The Morgan fingerprint density at radius 3 is 2.46 bits per heavy atom. The Morgan fingerprint density at radius 1 is 1.25 bits per heavy atom. The van der Waals surface area contributed by atoms with Crippen LogP contribution in [-0.2, 0) is 16.1 Å². The van der Waals surface area contributed by atoms with Crippen LogP contribution in [0.4, 0.5) is 13.6 Å². The summed E-state index contributed by atoms with van der Waals surface area (Å²) in [6.07, 6.45) is -0.824. The molecule has 0 saturated heterocycles. The summed E-state index contributed by atoms with van der Waals surface area (Å²) in [6, 6.07) is 8.35. The highest BCUT2D eigenvalue weighted by Crippen LogP contribution is 2.37. The second-order valence-corrected chi connectivity index (χ2v) is 6.54. The van der Waals surface area contributed by atoms with Crippen LogP contribution in [0.3, 0.4) is 0 Å². The Labute approximate surface area is 148 Å². The van der Waals surface area contributed by atoms with E-state index in [9.17, 15) is 18.4 Å². The zero-order chi connectivity index (χ0) is 17.6. The molecule has 1 N–H and O–H groups in total. The van der Waals surface area contributed by atoms with Gasteiger partial charge in [0.15, 0.2) is 5.78 Å². The number of carbonyl (C=O) groups is 2. The molecule has 4 nitrogen and oxygen atoms in total. The molecule has 7 heteroatoms. The molecule has 1 saturated carbocycles. The Balaban J connectivity index is 1.91. The van der Waals surface area contributed by atoms with Crippen LogP contribution in [0.5, 0.6) is 0 Å². The van der Waals surface area contributed by atoms with Gasteiger partial charge in [-0.15, -0.1) is 0 Å². The quantitative estimate of drug-likeness (QED) is 0.728. The summed E-state index contributed by atoms with van der Waals surface area (Å²) < 4.78 is 31.7. The fraction of sp³-hybridized carbons (Fsp3) is 0.529. The van der Waals surface area contributed by atoms with E-state index in [0.717, 1.165) is 5.56 Å². The molecule has 1 atom stereocenters. The third-order valence-electron chi connectivity index (χ3n) is 4.20. The average Bonchev–Trinajstić information content (AvgIpc) is 2.58. The molecule has 0 spiro atoms. The van der Waals surface area contributed by atoms with E-state index in [2.05, 4.69) is 21.2 Å². The number of rotatable bonds is 6. The summed E-state index contributed by atoms with van der Waals surface area (Å²) in [5, 5.41) is 2.61. The summed E-state index contributed by atoms with van der Waals surface area (Å²) >= 11 is 3.08. The van der Waals surface area contributed by atoms with E-state index in [-0.39, 0.29) is 49.3 Å². The predicted molar refractivity (Wildman–Crippen MR) is 89.3 cm³/mol. The van der Waals surface area contributed by atoms with Gasteiger partial charge in [0.25, 0.3) is 0 Å². The monoisotopic (exact) mass is 403 g/mol. The maximum atomic E-state index is 13.3. The van der Waals surface area contributed by atoms with Crippen molar-refractivity contribution in [3.8, 4) is 0 Å². The highest BCUT2D eigenvalue weighted by atomic mass is 79.9. The first-order chi connectivity index (χ1) is 11.4. The molecule has 1 aromatic carbocycles. The van der Waals surface area contributed by atoms with E-state index >= 15 is 0 Å². The molecule has 0 aliphatic heterocycles. The number of amides is 1. The molecule has 24 heavy (non-hydrogen) atoms. The maximum Gasteiger partial charge on any atom is 0.408 e. The van der Waals surface area contributed by atoms with Crippen molar-refractivity contribution in [1.82, 2.24) is 5.32 Å². The minimum absolute atomic E-state index is 0.0591. The maximum absolute atomic E-state index is 13.3. The number of ketones is 1. The molecule has 0 radical (unpaired) electrons. The van der Waals surface area contributed by atoms with Crippen molar-refractivity contribution < 1.29 is 23.1 Å². The van der Waals surface area contributed by atoms with E-state index < -0.39 is 18.1 Å². The van der Waals surface area contributed by atoms with Crippen LogP contribution in [-0.4, -0.2) is 29.2 Å². The topological polar surface area (TPSA) is 55.4 Å². The number of alkyl halides is 3. The van der Waals surface area contributed by atoms with Crippen molar-refractivity contribution in [1.29, 1.82) is 0 Å². The molecular weight excluding hydrogens is 384 g/mol. The Morgan fingerprint density at radius 2 is 1.88 bits per heavy atom. The lowest BCUT2D eigenvalue weighted by Crippen LogP contribution is -2.48. The van der Waals surface area contributed by atoms with Crippen molar-refractivity contribution in [3.63, 3.8) is 0 Å². The zero-order valence-corrected chi connectivity index (χ0v) is 14.7. The van der Waals surface area contributed by atoms with E-state index in [4.69, 9.17) is 4.74 Å². The summed E-state index contributed by atoms with van der Waals surface area (Å²) in [4.78, 5) is 24.0. The highest BCUT2D eigenvalue weighted by Gasteiger charge is 2.40. The van der Waals surface area contributed by atoms with Gasteiger partial charge in [-0.1, -0.05) is 46.3 Å². The first-order valence-corrected chi connectivity index (χ1v) is 8.97. The van der Waals surface area contributed by atoms with E-state index in [0.29, 0.717) is 0 Å². The molecule has 0 heterocycles. The summed E-state index contributed by atoms with van der Waals surface area (Å²) in [5.41, 5.74) is 0.827. The number of halogens is 3. The van der Waals surface area contributed by atoms with Gasteiger partial charge in [-0.05, 0) is 24.3 Å². The van der Waals surface area contributed by atoms with Gasteiger partial charge in [0.1, 0.15) is 6.61 Å². The van der Waals surface area contributed by atoms with Crippen molar-refractivity contribution in [3.05, 3.63) is 35.9 Å². The Hall–Kier alpha value is -1.50. The first-order valence-electron chi connectivity index (χ1n) is 7.85. The zero-order valence-electron chi connectivity index (χ0n) is 13.1. The van der Waals surface area contributed by atoms with E-state index in [1.165, 1.54) is 0 Å². The van der Waals surface area contributed by atoms with Gasteiger partial charge in [0, 0.05) is 12.8 Å². The molecule has 0 aromatic heterocycles. The minimum Gasteiger partial charge on any atom is -0.445 e. The summed E-state index contributed by atoms with van der Waals surface area (Å²) in [6.45, 7) is 0.0879. The van der Waals surface area contributed by atoms with Crippen molar-refractivity contribution in [2.75, 3.05) is 5.33 Å². The second-order valence-electron chi connectivity index (χ2n) is 5.98. The Bertz CT molecular complexity index is 558. The minimum atomic E-state index is -2.67. The Kier molecular flexibility index (Phi) is 6.71. The second kappa shape index (κ2) is 8.55. The van der Waals surface area contributed by atoms with E-state index in [1.54, 1.807) is 0 Å². The van der Waals surface area contributed by atoms with Crippen LogP contribution in [0.1, 0.15) is 31.2 Å². The molecule has 0 bridgehead atoms. The van der Waals surface area contributed by atoms with Gasteiger partial charge >= 0.3 is 6.09 Å². The van der Waals surface area contributed by atoms with E-state index in [1.807, 2.05) is 30.3 Å². The number of nitrogens with one attached hydrogen (secondary N) is 1. The van der Waals surface area contributed by atoms with Crippen molar-refractivity contribution in [2.24, 2.45) is 5.92 Å². The van der Waals surface area contributed by atoms with Gasteiger partial charge in [-0.2, -0.15) is 0 Å². The number of Topliss-reactive ketones (excluding diaryl/α,β-unsaturated/α-hetero) is 1. The lowest BCUT2D eigenvalue weighted by Gasteiger charge is -2.33. The summed E-state index contributed by atoms with van der Waals surface area (Å²) in [7, 11) is 0. The third kappa shape index (κ3) is 5.54. The van der Waals surface area contributed by atoms with Crippen molar-refractivity contribution >= 4 is 27.8 Å². The molecule has 1 amide bonds. The molecule has 1 aliphatic carbocycles. The van der Waals surface area contributed by atoms with Crippen LogP contribution in [0.2, 0.25) is 0 Å². The standard InChI is InChI=1S/C17H20BrF2NO3/c18-10-14(22)15(13-6-8-17(19,20)9-7-13)21-16(23)24-11-12-4-2-1-3-5-12/h1-5,13,15H,6-11H2,(H,21,23)/t15-/m0/s1. The molecule has 0 unspecified atom stereocenters. The van der Waals surface area contributed by atoms with Crippen LogP contribution in [0, 0.1) is 5.92 Å². The SMILES string of the molecule is O=C(N[C@H](C(=O)CBr)C1CCC(F)(F)CC1)OCc1ccccc1. The van der Waals surface area contributed by atoms with Crippen LogP contribution in [0.15, 0.2) is 30.3 Å². The molecule has 2 rings (SSSR count). The van der Waals surface area contributed by atoms with Gasteiger partial charge in [-0.3, -0.25) is 4.79 Å². The predicted octanol–water partition coefficient (Wildman–Crippen LogP) is 4.07. The highest BCUT2D eigenvalue weighted by molar-refractivity contribution is 9.09. The molecular formula is C17H20BrF2NO3.